The average molecular weight is 413 g/mol. The highest BCUT2D eigenvalue weighted by molar-refractivity contribution is 14.0. The molecule has 0 saturated heterocycles. The van der Waals surface area contributed by atoms with Crippen molar-refractivity contribution in [3.8, 4) is 0 Å². The molecule has 5 nitrogen and oxygen atoms in total. The summed E-state index contributed by atoms with van der Waals surface area (Å²) in [7, 11) is 0. The van der Waals surface area contributed by atoms with Crippen LogP contribution < -0.4 is 11.1 Å². The zero-order valence-electron chi connectivity index (χ0n) is 13.3. The van der Waals surface area contributed by atoms with Crippen LogP contribution in [0.15, 0.2) is 29.4 Å². The fourth-order valence-corrected chi connectivity index (χ4v) is 2.10. The minimum absolute atomic E-state index is 0. The highest BCUT2D eigenvalue weighted by Crippen LogP contribution is 2.13. The van der Waals surface area contributed by atoms with Gasteiger partial charge in [-0.3, -0.25) is 10.1 Å². The van der Waals surface area contributed by atoms with Crippen LogP contribution in [-0.4, -0.2) is 22.7 Å². The monoisotopic (exact) mass is 413 g/mol. The van der Waals surface area contributed by atoms with E-state index in [-0.39, 0.29) is 24.0 Å². The molecule has 1 aromatic heterocycles. The van der Waals surface area contributed by atoms with Crippen LogP contribution in [0.5, 0.6) is 0 Å². The number of aliphatic imine (C=N–C) groups is 1. The van der Waals surface area contributed by atoms with E-state index in [1.165, 1.54) is 16.7 Å². The predicted octanol–water partition coefficient (Wildman–Crippen LogP) is 3.31. The summed E-state index contributed by atoms with van der Waals surface area (Å²) in [4.78, 5) is 4.35. The lowest BCUT2D eigenvalue weighted by atomic mass is 10.1. The molecular weight excluding hydrogens is 389 g/mol. The van der Waals surface area contributed by atoms with Crippen molar-refractivity contribution in [3.63, 3.8) is 0 Å². The number of aromatic nitrogens is 2. The molecule has 1 aromatic carbocycles. The molecule has 4 N–H and O–H groups in total. The molecule has 1 heterocycles. The van der Waals surface area contributed by atoms with Crippen molar-refractivity contribution in [2.75, 3.05) is 11.9 Å². The molecule has 0 fully saturated rings. The Bertz CT molecular complexity index is 633. The highest BCUT2D eigenvalue weighted by Gasteiger charge is 2.00. The first-order valence-corrected chi connectivity index (χ1v) is 7.19. The first-order chi connectivity index (χ1) is 10.1. The van der Waals surface area contributed by atoms with Gasteiger partial charge in [-0.1, -0.05) is 6.07 Å². The third-order valence-electron chi connectivity index (χ3n) is 3.60. The smallest absolute Gasteiger partial charge is 0.193 e. The molecule has 2 rings (SSSR count). The van der Waals surface area contributed by atoms with Gasteiger partial charge in [0.1, 0.15) is 0 Å². The SMILES string of the molecule is Cc1ccc(NC(N)=NCCCc2cn[nH]c2C)cc1C.I. The Morgan fingerprint density at radius 1 is 1.27 bits per heavy atom. The van der Waals surface area contributed by atoms with Crippen LogP contribution in [0, 0.1) is 20.8 Å². The number of anilines is 1. The van der Waals surface area contributed by atoms with Gasteiger partial charge in [-0.2, -0.15) is 5.10 Å². The molecule has 0 spiro atoms. The quantitative estimate of drug-likeness (QED) is 0.305. The Hall–Kier alpha value is -1.57. The second-order valence-corrected chi connectivity index (χ2v) is 5.31. The predicted molar refractivity (Wildman–Crippen MR) is 103 cm³/mol. The van der Waals surface area contributed by atoms with Gasteiger partial charge in [0, 0.05) is 17.9 Å². The van der Waals surface area contributed by atoms with Crippen LogP contribution in [0.1, 0.15) is 28.8 Å². The molecule has 0 aliphatic carbocycles. The van der Waals surface area contributed by atoms with E-state index in [1.807, 2.05) is 19.2 Å². The zero-order chi connectivity index (χ0) is 15.2. The summed E-state index contributed by atoms with van der Waals surface area (Å²) in [5.74, 6) is 0.460. The number of nitrogens with zero attached hydrogens (tertiary/aromatic N) is 2. The van der Waals surface area contributed by atoms with Crippen molar-refractivity contribution in [1.82, 2.24) is 10.2 Å². The molecular formula is C16H24IN5. The third-order valence-corrected chi connectivity index (χ3v) is 3.60. The van der Waals surface area contributed by atoms with E-state index in [0.29, 0.717) is 12.5 Å². The first kappa shape index (κ1) is 18.5. The normalized spacial score (nSPS) is 11.1. The van der Waals surface area contributed by atoms with Crippen LogP contribution in [-0.2, 0) is 6.42 Å². The van der Waals surface area contributed by atoms with Gasteiger partial charge in [0.25, 0.3) is 0 Å². The number of H-pyrrole nitrogens is 1. The molecule has 0 aliphatic heterocycles. The van der Waals surface area contributed by atoms with Gasteiger partial charge in [0.2, 0.25) is 0 Å². The van der Waals surface area contributed by atoms with Gasteiger partial charge in [-0.05, 0) is 62.4 Å². The van der Waals surface area contributed by atoms with Crippen LogP contribution in [0.25, 0.3) is 0 Å². The molecule has 0 radical (unpaired) electrons. The third kappa shape index (κ3) is 5.32. The first-order valence-electron chi connectivity index (χ1n) is 7.19. The second-order valence-electron chi connectivity index (χ2n) is 5.31. The molecule has 0 bridgehead atoms. The Balaban J connectivity index is 0.00000242. The minimum atomic E-state index is 0. The molecule has 0 amide bonds. The number of nitrogens with one attached hydrogen (secondary N) is 2. The summed E-state index contributed by atoms with van der Waals surface area (Å²) in [5.41, 5.74) is 11.8. The summed E-state index contributed by atoms with van der Waals surface area (Å²) in [6.07, 6.45) is 3.79. The second kappa shape index (κ2) is 8.77. The van der Waals surface area contributed by atoms with Crippen LogP contribution in [0.3, 0.4) is 0 Å². The van der Waals surface area contributed by atoms with Crippen molar-refractivity contribution in [2.24, 2.45) is 10.7 Å². The number of rotatable bonds is 5. The molecule has 0 aliphatic rings. The van der Waals surface area contributed by atoms with E-state index < -0.39 is 0 Å². The molecule has 0 atom stereocenters. The number of hydrogen-bond acceptors (Lipinski definition) is 2. The number of guanidine groups is 1. The zero-order valence-corrected chi connectivity index (χ0v) is 15.6. The van der Waals surface area contributed by atoms with Gasteiger partial charge in [0.05, 0.1) is 6.20 Å². The van der Waals surface area contributed by atoms with Gasteiger partial charge in [-0.25, -0.2) is 0 Å². The number of halogens is 1. The molecule has 2 aromatic rings. The number of nitrogens with two attached hydrogens (primary N) is 1. The fraction of sp³-hybridized carbons (Fsp3) is 0.375. The standard InChI is InChI=1S/C16H23N5.HI/c1-11-6-7-15(9-12(11)2)20-16(17)18-8-4-5-14-10-19-21-13(14)3;/h6-7,9-10H,4-5,8H2,1-3H3,(H,19,21)(H3,17,18,20);1H. The lowest BCUT2D eigenvalue weighted by Crippen LogP contribution is -2.23. The maximum Gasteiger partial charge on any atom is 0.193 e. The number of hydrogen-bond donors (Lipinski definition) is 3. The van der Waals surface area contributed by atoms with E-state index in [9.17, 15) is 0 Å². The average Bonchev–Trinajstić information content (AvgIpc) is 2.85. The summed E-state index contributed by atoms with van der Waals surface area (Å²) < 4.78 is 0. The van der Waals surface area contributed by atoms with Crippen molar-refractivity contribution in [3.05, 3.63) is 46.8 Å². The summed E-state index contributed by atoms with van der Waals surface area (Å²) >= 11 is 0. The van der Waals surface area contributed by atoms with E-state index in [2.05, 4.69) is 46.5 Å². The van der Waals surface area contributed by atoms with Gasteiger partial charge >= 0.3 is 0 Å². The number of aromatic amines is 1. The highest BCUT2D eigenvalue weighted by atomic mass is 127. The van der Waals surface area contributed by atoms with Crippen molar-refractivity contribution < 1.29 is 0 Å². The minimum Gasteiger partial charge on any atom is -0.370 e. The van der Waals surface area contributed by atoms with E-state index in [1.54, 1.807) is 0 Å². The molecule has 22 heavy (non-hydrogen) atoms. The van der Waals surface area contributed by atoms with Crippen molar-refractivity contribution in [1.29, 1.82) is 0 Å². The largest absolute Gasteiger partial charge is 0.370 e. The summed E-state index contributed by atoms with van der Waals surface area (Å²) in [6.45, 7) is 6.91. The molecule has 120 valence electrons. The lowest BCUT2D eigenvalue weighted by Gasteiger charge is -2.08. The van der Waals surface area contributed by atoms with Crippen LogP contribution >= 0.6 is 24.0 Å². The van der Waals surface area contributed by atoms with E-state index in [0.717, 1.165) is 24.2 Å². The number of aryl methyl sites for hydroxylation is 4. The van der Waals surface area contributed by atoms with Gasteiger partial charge < -0.3 is 11.1 Å². The Kier molecular flexibility index (Phi) is 7.37. The van der Waals surface area contributed by atoms with Crippen LogP contribution in [0.4, 0.5) is 5.69 Å². The molecule has 6 heteroatoms. The van der Waals surface area contributed by atoms with Gasteiger partial charge in [-0.15, -0.1) is 24.0 Å². The maximum absolute atomic E-state index is 5.90. The topological polar surface area (TPSA) is 79.1 Å². The Labute approximate surface area is 148 Å². The van der Waals surface area contributed by atoms with E-state index >= 15 is 0 Å². The molecule has 0 unspecified atom stereocenters. The van der Waals surface area contributed by atoms with Crippen LogP contribution in [0.2, 0.25) is 0 Å². The fourth-order valence-electron chi connectivity index (χ4n) is 2.10. The maximum atomic E-state index is 5.90. The lowest BCUT2D eigenvalue weighted by molar-refractivity contribution is 0.828. The Morgan fingerprint density at radius 2 is 2.05 bits per heavy atom. The number of benzene rings is 1. The Morgan fingerprint density at radius 3 is 2.68 bits per heavy atom. The van der Waals surface area contributed by atoms with Gasteiger partial charge in [0.15, 0.2) is 5.96 Å². The van der Waals surface area contributed by atoms with Crippen molar-refractivity contribution >= 4 is 35.6 Å². The van der Waals surface area contributed by atoms with Crippen molar-refractivity contribution in [2.45, 2.75) is 33.6 Å². The summed E-state index contributed by atoms with van der Waals surface area (Å²) in [5, 5.41) is 10.1. The summed E-state index contributed by atoms with van der Waals surface area (Å²) in [6, 6.07) is 6.17. The molecule has 0 saturated carbocycles. The van der Waals surface area contributed by atoms with E-state index in [4.69, 9.17) is 5.73 Å².